The van der Waals surface area contributed by atoms with Crippen molar-refractivity contribution in [1.82, 2.24) is 9.55 Å². The molecule has 0 spiro atoms. The Morgan fingerprint density at radius 1 is 1.60 bits per heavy atom. The first-order valence-electron chi connectivity index (χ1n) is 4.56. The van der Waals surface area contributed by atoms with Gasteiger partial charge in [0.1, 0.15) is 0 Å². The van der Waals surface area contributed by atoms with Gasteiger partial charge in [-0.1, -0.05) is 12.4 Å². The van der Waals surface area contributed by atoms with Crippen molar-refractivity contribution in [3.63, 3.8) is 0 Å². The first-order chi connectivity index (χ1) is 6.84. The molecule has 0 aliphatic rings. The van der Waals surface area contributed by atoms with Crippen LogP contribution in [0.4, 0.5) is 0 Å². The Morgan fingerprint density at radius 2 is 2.27 bits per heavy atom. The summed E-state index contributed by atoms with van der Waals surface area (Å²) < 4.78 is 6.59. The molecule has 1 heterocycles. The predicted octanol–water partition coefficient (Wildman–Crippen LogP) is 0.918. The average Bonchev–Trinajstić information content (AvgIpc) is 2.24. The van der Waals surface area contributed by atoms with Gasteiger partial charge in [-0.3, -0.25) is 0 Å². The summed E-state index contributed by atoms with van der Waals surface area (Å²) in [6, 6.07) is 1.60. The van der Waals surface area contributed by atoms with Crippen LogP contribution in [0.3, 0.4) is 0 Å². The molecule has 5 heteroatoms. The molecule has 0 aliphatic carbocycles. The zero-order chi connectivity index (χ0) is 10.8. The van der Waals surface area contributed by atoms with E-state index in [2.05, 4.69) is 18.1 Å². The van der Waals surface area contributed by atoms with Gasteiger partial charge in [0, 0.05) is 45.9 Å². The normalized spacial score (nSPS) is 8.47. The van der Waals surface area contributed by atoms with Crippen LogP contribution < -0.4 is 5.69 Å². The van der Waals surface area contributed by atoms with E-state index in [-0.39, 0.29) is 38.4 Å². The molecule has 0 bridgehead atoms. The Balaban J connectivity index is 0. The largest absolute Gasteiger partial charge is 0.403 e. The van der Waals surface area contributed by atoms with Crippen LogP contribution >= 0.6 is 0 Å². The Kier molecular flexibility index (Phi) is 13.9. The van der Waals surface area contributed by atoms with E-state index in [1.807, 2.05) is 6.92 Å². The first-order valence-corrected chi connectivity index (χ1v) is 4.56. The Bertz CT molecular complexity index is 289. The monoisotopic (exact) mass is 285 g/mol. The second-order valence-corrected chi connectivity index (χ2v) is 2.23. The molecule has 1 rings (SSSR count). The molecule has 0 unspecified atom stereocenters. The summed E-state index contributed by atoms with van der Waals surface area (Å²) in [4.78, 5) is 14.5. The van der Waals surface area contributed by atoms with Crippen molar-refractivity contribution in [3.05, 3.63) is 35.9 Å². The minimum absolute atomic E-state index is 0. The van der Waals surface area contributed by atoms with E-state index >= 15 is 0 Å². The van der Waals surface area contributed by atoms with E-state index in [1.54, 1.807) is 19.2 Å². The number of aromatic nitrogens is 2. The number of nitrogens with zero attached hydrogens (tertiary/aromatic N) is 2. The molecule has 0 amide bonds. The maximum atomic E-state index is 11.0. The van der Waals surface area contributed by atoms with E-state index in [9.17, 15) is 4.79 Å². The maximum Gasteiger partial charge on any atom is 0.230 e. The summed E-state index contributed by atoms with van der Waals surface area (Å²) >= 11 is 0. The smallest absolute Gasteiger partial charge is 0.230 e. The minimum atomic E-state index is -0.280. The number of ether oxygens (including phenoxy) is 1. The molecule has 0 N–H and O–H groups in total. The zero-order valence-corrected chi connectivity index (χ0v) is 12.1. The van der Waals surface area contributed by atoms with Crippen LogP contribution in [-0.4, -0.2) is 22.8 Å². The van der Waals surface area contributed by atoms with Crippen LogP contribution in [0.5, 0.6) is 0 Å². The summed E-state index contributed by atoms with van der Waals surface area (Å²) in [5.74, 6) is 0. The second-order valence-electron chi connectivity index (χ2n) is 2.23. The van der Waals surface area contributed by atoms with Crippen molar-refractivity contribution in [1.29, 1.82) is 0 Å². The maximum absolute atomic E-state index is 11.0. The molecule has 83 valence electrons. The Morgan fingerprint density at radius 3 is 2.80 bits per heavy atom. The molecule has 0 fully saturated rings. The molecule has 0 saturated carbocycles. The van der Waals surface area contributed by atoms with E-state index in [0.717, 1.165) is 0 Å². The fraction of sp³-hybridized carbons (Fsp3) is 0.500. The topological polar surface area (TPSA) is 44.1 Å². The number of hydrogen-bond acceptors (Lipinski definition) is 3. The van der Waals surface area contributed by atoms with Crippen LogP contribution in [-0.2, 0) is 44.0 Å². The van der Waals surface area contributed by atoms with Gasteiger partial charge < -0.3 is 26.0 Å². The third-order valence-electron chi connectivity index (χ3n) is 1.42. The molecule has 1 radical (unpaired) electrons. The average molecular weight is 285 g/mol. The second kappa shape index (κ2) is 12.0. The molecule has 0 saturated heterocycles. The van der Waals surface area contributed by atoms with Gasteiger partial charge in [-0.2, -0.15) is 6.92 Å². The summed E-state index contributed by atoms with van der Waals surface area (Å²) in [5.41, 5.74) is -0.280. The molecule has 1 aromatic heterocycles. The van der Waals surface area contributed by atoms with Gasteiger partial charge in [0.05, 0.1) is 6.61 Å². The minimum Gasteiger partial charge on any atom is -0.403 e. The fourth-order valence-electron chi connectivity index (χ4n) is 0.821. The van der Waals surface area contributed by atoms with Crippen LogP contribution in [0.2, 0.25) is 0 Å². The summed E-state index contributed by atoms with van der Waals surface area (Å²) in [6.07, 6.45) is 4.11. The molecule has 0 atom stereocenters. The van der Waals surface area contributed by atoms with Crippen molar-refractivity contribution >= 4 is 0 Å². The molecule has 1 aromatic rings. The SMILES string of the molecule is CCOCCn1cc[c-]nc1=O.[CH2-]C.[Y]. The summed E-state index contributed by atoms with van der Waals surface area (Å²) in [5, 5.41) is 0. The van der Waals surface area contributed by atoms with E-state index in [4.69, 9.17) is 4.74 Å². The van der Waals surface area contributed by atoms with Gasteiger partial charge in [-0.15, -0.1) is 6.07 Å². The van der Waals surface area contributed by atoms with Gasteiger partial charge in [0.15, 0.2) is 0 Å². The molecule has 15 heavy (non-hydrogen) atoms. The zero-order valence-electron chi connectivity index (χ0n) is 9.27. The van der Waals surface area contributed by atoms with Crippen LogP contribution in [0.15, 0.2) is 17.1 Å². The van der Waals surface area contributed by atoms with Crippen molar-refractivity contribution in [2.24, 2.45) is 0 Å². The van der Waals surface area contributed by atoms with E-state index in [0.29, 0.717) is 19.8 Å². The first kappa shape index (κ1) is 17.3. The molecule has 0 aliphatic heterocycles. The molecule has 4 nitrogen and oxygen atoms in total. The molecular weight excluding hydrogens is 269 g/mol. The third-order valence-corrected chi connectivity index (χ3v) is 1.42. The van der Waals surface area contributed by atoms with Crippen molar-refractivity contribution in [2.45, 2.75) is 20.4 Å². The van der Waals surface area contributed by atoms with Crippen molar-refractivity contribution in [2.75, 3.05) is 13.2 Å². The Labute approximate surface area is 116 Å². The number of hydrogen-bond donors (Lipinski definition) is 0. The van der Waals surface area contributed by atoms with Gasteiger partial charge in [0.25, 0.3) is 0 Å². The van der Waals surface area contributed by atoms with Gasteiger partial charge in [0.2, 0.25) is 5.69 Å². The molecular formula is C10H16N2O2Y-2. The van der Waals surface area contributed by atoms with Gasteiger partial charge in [-0.25, -0.2) is 0 Å². The molecule has 0 aromatic carbocycles. The summed E-state index contributed by atoms with van der Waals surface area (Å²) in [6.45, 7) is 8.68. The predicted molar refractivity (Wildman–Crippen MR) is 54.9 cm³/mol. The van der Waals surface area contributed by atoms with E-state index in [1.165, 1.54) is 4.57 Å². The quantitative estimate of drug-likeness (QED) is 0.610. The van der Waals surface area contributed by atoms with E-state index < -0.39 is 0 Å². The van der Waals surface area contributed by atoms with Crippen molar-refractivity contribution < 1.29 is 37.4 Å². The Hall–Kier alpha value is -0.0561. The van der Waals surface area contributed by atoms with Gasteiger partial charge >= 0.3 is 0 Å². The third kappa shape index (κ3) is 7.83. The van der Waals surface area contributed by atoms with Crippen LogP contribution in [0.25, 0.3) is 0 Å². The van der Waals surface area contributed by atoms with Crippen LogP contribution in [0, 0.1) is 13.1 Å². The number of rotatable bonds is 4. The van der Waals surface area contributed by atoms with Gasteiger partial charge in [-0.05, 0) is 6.92 Å². The van der Waals surface area contributed by atoms with Crippen LogP contribution in [0.1, 0.15) is 13.8 Å². The van der Waals surface area contributed by atoms with Crippen molar-refractivity contribution in [3.8, 4) is 0 Å². The fourth-order valence-corrected chi connectivity index (χ4v) is 0.821. The standard InChI is InChI=1S/C8H11N2O2.C2H5.Y/c1-2-12-7-6-10-5-3-4-9-8(10)11;1-2;/h3,5H,2,6-7H2,1H3;1H2,2H3;/q2*-1;. The summed E-state index contributed by atoms with van der Waals surface area (Å²) in [7, 11) is 0.